The summed E-state index contributed by atoms with van der Waals surface area (Å²) in [5.74, 6) is -3.32. The lowest BCUT2D eigenvalue weighted by Gasteiger charge is -2.40. The molecule has 3 nitrogen and oxygen atoms in total. The van der Waals surface area contributed by atoms with E-state index >= 15 is 8.78 Å². The van der Waals surface area contributed by atoms with E-state index in [-0.39, 0.29) is 0 Å². The fourth-order valence-electron chi connectivity index (χ4n) is 4.85. The Kier molecular flexibility index (Phi) is 5.69. The molecule has 3 saturated heterocycles. The van der Waals surface area contributed by atoms with Crippen molar-refractivity contribution in [3.05, 3.63) is 17.5 Å². The summed E-state index contributed by atoms with van der Waals surface area (Å²) >= 11 is 0. The Morgan fingerprint density at radius 3 is 1.00 bits per heavy atom. The summed E-state index contributed by atoms with van der Waals surface area (Å²) < 4.78 is 44.9. The standard InChI is InChI=1S/C21H30F3N3/c22-16-17(23)19(25-10-4-1-5-11-25)21(27-14-8-3-9-15-27)20(18(16)24)26-12-6-2-7-13-26/h1-15H2. The average molecular weight is 381 g/mol. The van der Waals surface area contributed by atoms with Gasteiger partial charge in [0, 0.05) is 39.3 Å². The van der Waals surface area contributed by atoms with Crippen LogP contribution in [-0.2, 0) is 0 Å². The van der Waals surface area contributed by atoms with Gasteiger partial charge in [0.15, 0.2) is 17.5 Å². The predicted octanol–water partition coefficient (Wildman–Crippen LogP) is 5.07. The monoisotopic (exact) mass is 381 g/mol. The van der Waals surface area contributed by atoms with Crippen molar-refractivity contribution in [3.8, 4) is 0 Å². The molecule has 6 heteroatoms. The largest absolute Gasteiger partial charge is 0.368 e. The molecule has 150 valence electrons. The number of anilines is 3. The van der Waals surface area contributed by atoms with Gasteiger partial charge in [-0.3, -0.25) is 0 Å². The van der Waals surface area contributed by atoms with Crippen LogP contribution in [0.2, 0.25) is 0 Å². The van der Waals surface area contributed by atoms with Gasteiger partial charge in [0.05, 0.1) is 5.69 Å². The van der Waals surface area contributed by atoms with E-state index in [1.807, 2.05) is 9.80 Å². The zero-order valence-electron chi connectivity index (χ0n) is 16.1. The molecule has 0 N–H and O–H groups in total. The topological polar surface area (TPSA) is 9.72 Å². The van der Waals surface area contributed by atoms with E-state index < -0.39 is 17.5 Å². The number of halogens is 3. The highest BCUT2D eigenvalue weighted by Gasteiger charge is 2.34. The number of benzene rings is 1. The van der Waals surface area contributed by atoms with Crippen molar-refractivity contribution in [2.24, 2.45) is 0 Å². The maximum Gasteiger partial charge on any atom is 0.198 e. The van der Waals surface area contributed by atoms with Crippen molar-refractivity contribution in [3.63, 3.8) is 0 Å². The molecule has 4 rings (SSSR count). The SMILES string of the molecule is Fc1c(F)c(N2CCCCC2)c(N2CCCCC2)c(N2CCCCC2)c1F. The first-order valence-electron chi connectivity index (χ1n) is 10.6. The molecule has 0 aliphatic carbocycles. The first-order chi connectivity index (χ1) is 13.2. The van der Waals surface area contributed by atoms with Crippen molar-refractivity contribution in [1.29, 1.82) is 0 Å². The highest BCUT2D eigenvalue weighted by Crippen LogP contribution is 2.46. The normalized spacial score (nSPS) is 21.7. The quantitative estimate of drug-likeness (QED) is 0.677. The number of hydrogen-bond acceptors (Lipinski definition) is 3. The smallest absolute Gasteiger partial charge is 0.198 e. The Morgan fingerprint density at radius 1 is 0.370 bits per heavy atom. The average Bonchev–Trinajstić information content (AvgIpc) is 2.73. The van der Waals surface area contributed by atoms with Crippen molar-refractivity contribution in [1.82, 2.24) is 0 Å². The maximum atomic E-state index is 15.1. The molecule has 0 amide bonds. The van der Waals surface area contributed by atoms with Gasteiger partial charge in [-0.15, -0.1) is 0 Å². The van der Waals surface area contributed by atoms with Crippen molar-refractivity contribution < 1.29 is 13.2 Å². The summed E-state index contributed by atoms with van der Waals surface area (Å²) in [6, 6.07) is 0. The van der Waals surface area contributed by atoms with Gasteiger partial charge in [0.25, 0.3) is 0 Å². The summed E-state index contributed by atoms with van der Waals surface area (Å²) in [5, 5.41) is 0. The molecule has 1 aromatic rings. The van der Waals surface area contributed by atoms with Crippen LogP contribution in [0.25, 0.3) is 0 Å². The highest BCUT2D eigenvalue weighted by atomic mass is 19.2. The second-order valence-corrected chi connectivity index (χ2v) is 8.13. The van der Waals surface area contributed by atoms with E-state index in [9.17, 15) is 4.39 Å². The van der Waals surface area contributed by atoms with E-state index in [0.717, 1.165) is 70.9 Å². The zero-order chi connectivity index (χ0) is 18.8. The van der Waals surface area contributed by atoms with Crippen LogP contribution in [0.3, 0.4) is 0 Å². The molecule has 1 aromatic carbocycles. The Bertz CT molecular complexity index is 616. The Hall–Kier alpha value is -1.59. The first kappa shape index (κ1) is 18.8. The molecule has 0 radical (unpaired) electrons. The molecule has 3 fully saturated rings. The lowest BCUT2D eigenvalue weighted by Crippen LogP contribution is -2.39. The zero-order valence-corrected chi connectivity index (χ0v) is 16.1. The van der Waals surface area contributed by atoms with Gasteiger partial charge in [-0.2, -0.15) is 0 Å². The summed E-state index contributed by atoms with van der Waals surface area (Å²) in [5.41, 5.74) is 1.21. The summed E-state index contributed by atoms with van der Waals surface area (Å²) in [4.78, 5) is 6.03. The highest BCUT2D eigenvalue weighted by molar-refractivity contribution is 5.86. The van der Waals surface area contributed by atoms with Gasteiger partial charge in [-0.1, -0.05) is 0 Å². The van der Waals surface area contributed by atoms with E-state index in [1.165, 1.54) is 0 Å². The number of nitrogens with zero attached hydrogens (tertiary/aromatic N) is 3. The molecule has 3 aliphatic rings. The second-order valence-electron chi connectivity index (χ2n) is 8.13. The van der Waals surface area contributed by atoms with Crippen LogP contribution >= 0.6 is 0 Å². The molecule has 0 saturated carbocycles. The number of piperidine rings is 3. The molecule has 0 unspecified atom stereocenters. The molecular weight excluding hydrogens is 351 g/mol. The van der Waals surface area contributed by atoms with Crippen LogP contribution in [0.1, 0.15) is 57.8 Å². The molecule has 3 heterocycles. The third-order valence-electron chi connectivity index (χ3n) is 6.27. The van der Waals surface area contributed by atoms with Gasteiger partial charge in [0.1, 0.15) is 11.4 Å². The van der Waals surface area contributed by atoms with E-state index in [0.29, 0.717) is 43.2 Å². The van der Waals surface area contributed by atoms with Crippen molar-refractivity contribution in [2.75, 3.05) is 54.0 Å². The molecule has 27 heavy (non-hydrogen) atoms. The van der Waals surface area contributed by atoms with Crippen molar-refractivity contribution >= 4 is 17.1 Å². The third kappa shape index (κ3) is 3.59. The first-order valence-corrected chi connectivity index (χ1v) is 10.6. The molecule has 0 atom stereocenters. The maximum absolute atomic E-state index is 15.1. The third-order valence-corrected chi connectivity index (χ3v) is 6.27. The lowest BCUT2D eigenvalue weighted by atomic mass is 10.0. The second kappa shape index (κ2) is 8.19. The van der Waals surface area contributed by atoms with E-state index in [1.54, 1.807) is 0 Å². The van der Waals surface area contributed by atoms with Crippen LogP contribution < -0.4 is 14.7 Å². The van der Waals surface area contributed by atoms with Crippen LogP contribution in [-0.4, -0.2) is 39.3 Å². The van der Waals surface area contributed by atoms with Gasteiger partial charge < -0.3 is 14.7 Å². The summed E-state index contributed by atoms with van der Waals surface area (Å²) in [6.07, 6.45) is 9.26. The minimum atomic E-state index is -1.31. The van der Waals surface area contributed by atoms with Crippen molar-refractivity contribution in [2.45, 2.75) is 57.8 Å². The Morgan fingerprint density at radius 2 is 0.667 bits per heavy atom. The van der Waals surface area contributed by atoms with E-state index in [4.69, 9.17) is 0 Å². The van der Waals surface area contributed by atoms with Gasteiger partial charge in [0.2, 0.25) is 0 Å². The Labute approximate surface area is 160 Å². The van der Waals surface area contributed by atoms with Crippen LogP contribution in [0.4, 0.5) is 30.2 Å². The molecule has 0 spiro atoms. The molecule has 0 aromatic heterocycles. The van der Waals surface area contributed by atoms with Crippen LogP contribution in [0.5, 0.6) is 0 Å². The fourth-order valence-corrected chi connectivity index (χ4v) is 4.85. The molecule has 3 aliphatic heterocycles. The lowest BCUT2D eigenvalue weighted by molar-refractivity contribution is 0.438. The molecular formula is C21H30F3N3. The minimum Gasteiger partial charge on any atom is -0.368 e. The minimum absolute atomic E-state index is 0.302. The van der Waals surface area contributed by atoms with E-state index in [2.05, 4.69) is 4.90 Å². The van der Waals surface area contributed by atoms with Crippen LogP contribution in [0.15, 0.2) is 0 Å². The van der Waals surface area contributed by atoms with Crippen LogP contribution in [0, 0.1) is 17.5 Å². The molecule has 0 bridgehead atoms. The van der Waals surface area contributed by atoms with Gasteiger partial charge in [-0.25, -0.2) is 13.2 Å². The number of hydrogen-bond donors (Lipinski definition) is 0. The fraction of sp³-hybridized carbons (Fsp3) is 0.714. The number of rotatable bonds is 3. The Balaban J connectivity index is 1.88. The van der Waals surface area contributed by atoms with Gasteiger partial charge in [-0.05, 0) is 57.8 Å². The predicted molar refractivity (Wildman–Crippen MR) is 105 cm³/mol. The summed E-state index contributed by atoms with van der Waals surface area (Å²) in [6.45, 7) is 4.41. The summed E-state index contributed by atoms with van der Waals surface area (Å²) in [7, 11) is 0. The van der Waals surface area contributed by atoms with Gasteiger partial charge >= 0.3 is 0 Å².